The second-order valence-corrected chi connectivity index (χ2v) is 11.6. The fourth-order valence-electron chi connectivity index (χ4n) is 4.97. The maximum absolute atomic E-state index is 10.9. The van der Waals surface area contributed by atoms with E-state index >= 15 is 0 Å². The molecule has 208 valence electrons. The molecule has 0 saturated carbocycles. The Balaban J connectivity index is 2.36. The maximum Gasteiger partial charge on any atom is 0.306 e. The van der Waals surface area contributed by atoms with Crippen LogP contribution in [0.5, 0.6) is 0 Å². The summed E-state index contributed by atoms with van der Waals surface area (Å²) in [6.07, 6.45) is 18.2. The second-order valence-electron chi connectivity index (χ2n) is 11.6. The lowest BCUT2D eigenvalue weighted by molar-refractivity contribution is -0.141. The van der Waals surface area contributed by atoms with Gasteiger partial charge in [0.15, 0.2) is 0 Å². The Bertz CT molecular complexity index is 720. The predicted octanol–water partition coefficient (Wildman–Crippen LogP) is 8.51. The fraction of sp³-hybridized carbons (Fsp3) is 0.781. The molecule has 0 saturated heterocycles. The summed E-state index contributed by atoms with van der Waals surface area (Å²) >= 11 is 0. The van der Waals surface area contributed by atoms with E-state index in [1.54, 1.807) is 6.92 Å². The smallest absolute Gasteiger partial charge is 0.306 e. The summed E-state index contributed by atoms with van der Waals surface area (Å²) in [6.45, 7) is 15.9. The molecule has 0 amide bonds. The molecule has 4 heteroatoms. The average molecular weight is 505 g/mol. The largest absolute Gasteiger partial charge is 0.481 e. The second kappa shape index (κ2) is 18.0. The van der Waals surface area contributed by atoms with Crippen molar-refractivity contribution < 1.29 is 19.7 Å². The van der Waals surface area contributed by atoms with E-state index in [1.807, 2.05) is 0 Å². The van der Waals surface area contributed by atoms with E-state index in [1.165, 1.54) is 29.6 Å². The van der Waals surface area contributed by atoms with Crippen molar-refractivity contribution in [1.29, 1.82) is 0 Å². The van der Waals surface area contributed by atoms with E-state index < -0.39 is 5.97 Å². The maximum atomic E-state index is 10.9. The molecular formula is C32H56O4. The van der Waals surface area contributed by atoms with Crippen molar-refractivity contribution in [3.05, 3.63) is 34.9 Å². The van der Waals surface area contributed by atoms with Gasteiger partial charge in [0.25, 0.3) is 0 Å². The molecule has 6 atom stereocenters. The van der Waals surface area contributed by atoms with Gasteiger partial charge in [-0.25, -0.2) is 0 Å². The van der Waals surface area contributed by atoms with Crippen LogP contribution in [-0.2, 0) is 9.53 Å². The molecule has 0 fully saturated rings. The molecule has 2 N–H and O–H groups in total. The molecule has 0 radical (unpaired) electrons. The predicted molar refractivity (Wildman–Crippen MR) is 152 cm³/mol. The summed E-state index contributed by atoms with van der Waals surface area (Å²) in [5.41, 5.74) is 4.14. The normalized spacial score (nSPS) is 24.9. The van der Waals surface area contributed by atoms with Crippen LogP contribution in [0.25, 0.3) is 0 Å². The van der Waals surface area contributed by atoms with Gasteiger partial charge in [-0.05, 0) is 95.0 Å². The van der Waals surface area contributed by atoms with Crippen molar-refractivity contribution >= 4 is 5.97 Å². The lowest BCUT2D eigenvalue weighted by atomic mass is 9.76. The number of rotatable bonds is 18. The number of hydrogen-bond acceptors (Lipinski definition) is 3. The minimum atomic E-state index is -0.705. The summed E-state index contributed by atoms with van der Waals surface area (Å²) in [4.78, 5) is 10.9. The highest BCUT2D eigenvalue weighted by Gasteiger charge is 2.34. The Morgan fingerprint density at radius 3 is 2.33 bits per heavy atom. The van der Waals surface area contributed by atoms with E-state index in [0.29, 0.717) is 18.3 Å². The zero-order valence-corrected chi connectivity index (χ0v) is 24.4. The number of aliphatic hydroxyl groups excluding tert-OH is 1. The number of unbranched alkanes of at least 4 members (excludes halogenated alkanes) is 1. The van der Waals surface area contributed by atoms with Gasteiger partial charge in [0, 0.05) is 6.61 Å². The van der Waals surface area contributed by atoms with E-state index in [0.717, 1.165) is 58.0 Å². The Morgan fingerprint density at radius 2 is 1.67 bits per heavy atom. The minimum absolute atomic E-state index is 0.158. The first-order chi connectivity index (χ1) is 17.1. The van der Waals surface area contributed by atoms with Crippen molar-refractivity contribution in [2.45, 2.75) is 131 Å². The molecule has 0 aromatic rings. The van der Waals surface area contributed by atoms with Crippen LogP contribution < -0.4 is 0 Å². The monoisotopic (exact) mass is 504 g/mol. The molecule has 1 aliphatic carbocycles. The topological polar surface area (TPSA) is 66.8 Å². The third kappa shape index (κ3) is 12.7. The third-order valence-corrected chi connectivity index (χ3v) is 8.13. The van der Waals surface area contributed by atoms with Crippen molar-refractivity contribution in [3.8, 4) is 0 Å². The molecule has 1 rings (SSSR count). The van der Waals surface area contributed by atoms with Crippen LogP contribution in [0, 0.1) is 23.7 Å². The summed E-state index contributed by atoms with van der Waals surface area (Å²) in [5.74, 6) is 0.292. The summed E-state index contributed by atoms with van der Waals surface area (Å²) in [7, 11) is 0. The summed E-state index contributed by atoms with van der Waals surface area (Å²) in [6, 6.07) is 0. The number of aliphatic carboxylic acids is 1. The molecule has 6 unspecified atom stereocenters. The number of aliphatic hydroxyl groups is 1. The van der Waals surface area contributed by atoms with Crippen LogP contribution in [0.1, 0.15) is 119 Å². The molecule has 0 aromatic carbocycles. The Morgan fingerprint density at radius 1 is 1.00 bits per heavy atom. The zero-order valence-electron chi connectivity index (χ0n) is 24.4. The zero-order chi connectivity index (χ0) is 27.1. The highest BCUT2D eigenvalue weighted by atomic mass is 16.5. The van der Waals surface area contributed by atoms with E-state index in [9.17, 15) is 9.90 Å². The van der Waals surface area contributed by atoms with Crippen LogP contribution in [0.2, 0.25) is 0 Å². The molecule has 0 aliphatic heterocycles. The highest BCUT2D eigenvalue weighted by molar-refractivity contribution is 5.69. The van der Waals surface area contributed by atoms with Crippen molar-refractivity contribution in [1.82, 2.24) is 0 Å². The number of allylic oxidation sites excluding steroid dienone is 4. The van der Waals surface area contributed by atoms with Gasteiger partial charge < -0.3 is 14.9 Å². The standard InChI is InChI=1S/C32H56O4/c1-8-9-21-36-31-28(7)27(6)30(33)22-29(31)20-19-25(4)16-11-15-23(2)13-10-14-24(3)17-12-18-26(5)32(34)35/h13,17,22,25-28,30-31,33H,8-12,14-16,18-21H2,1-7H3,(H,34,35). The molecule has 0 spiro atoms. The van der Waals surface area contributed by atoms with Crippen LogP contribution in [0.15, 0.2) is 34.9 Å². The molecule has 1 aliphatic rings. The summed E-state index contributed by atoms with van der Waals surface area (Å²) in [5, 5.41) is 19.5. The van der Waals surface area contributed by atoms with Gasteiger partial charge in [-0.3, -0.25) is 4.79 Å². The minimum Gasteiger partial charge on any atom is -0.481 e. The van der Waals surface area contributed by atoms with Crippen molar-refractivity contribution in [2.24, 2.45) is 23.7 Å². The van der Waals surface area contributed by atoms with Crippen LogP contribution >= 0.6 is 0 Å². The van der Waals surface area contributed by atoms with E-state index in [2.05, 4.69) is 59.8 Å². The SMILES string of the molecule is CCCCOC1C(CCC(C)CCCC(C)=CCCC(C)=CCCC(C)C(=O)O)=CC(O)C(C)C1C. The number of carboxylic acid groups (broad SMARTS) is 1. The quantitative estimate of drug-likeness (QED) is 0.145. The van der Waals surface area contributed by atoms with Gasteiger partial charge in [0.05, 0.1) is 18.1 Å². The first-order valence-corrected chi connectivity index (χ1v) is 14.6. The molecule has 0 heterocycles. The van der Waals surface area contributed by atoms with Crippen molar-refractivity contribution in [2.75, 3.05) is 6.61 Å². The van der Waals surface area contributed by atoms with E-state index in [-0.39, 0.29) is 24.0 Å². The highest BCUT2D eigenvalue weighted by Crippen LogP contribution is 2.35. The van der Waals surface area contributed by atoms with E-state index in [4.69, 9.17) is 9.84 Å². The Hall–Kier alpha value is -1.39. The lowest BCUT2D eigenvalue weighted by Crippen LogP contribution is -2.39. The van der Waals surface area contributed by atoms with Crippen molar-refractivity contribution in [3.63, 3.8) is 0 Å². The molecule has 4 nitrogen and oxygen atoms in total. The fourth-order valence-corrected chi connectivity index (χ4v) is 4.97. The van der Waals surface area contributed by atoms with Gasteiger partial charge in [0.2, 0.25) is 0 Å². The first-order valence-electron chi connectivity index (χ1n) is 14.6. The van der Waals surface area contributed by atoms with Crippen LogP contribution in [0.4, 0.5) is 0 Å². The molecule has 36 heavy (non-hydrogen) atoms. The lowest BCUT2D eigenvalue weighted by Gasteiger charge is -2.37. The van der Waals surface area contributed by atoms with Crippen LogP contribution in [-0.4, -0.2) is 35.0 Å². The molecular weight excluding hydrogens is 448 g/mol. The first kappa shape index (κ1) is 32.6. The van der Waals surface area contributed by atoms with Gasteiger partial charge in [-0.1, -0.05) is 76.8 Å². The van der Waals surface area contributed by atoms with Crippen LogP contribution in [0.3, 0.4) is 0 Å². The average Bonchev–Trinajstić information content (AvgIpc) is 2.82. The Labute approximate surface area is 222 Å². The van der Waals surface area contributed by atoms with Gasteiger partial charge in [-0.2, -0.15) is 0 Å². The van der Waals surface area contributed by atoms with Gasteiger partial charge in [-0.15, -0.1) is 0 Å². The Kier molecular flexibility index (Phi) is 16.3. The summed E-state index contributed by atoms with van der Waals surface area (Å²) < 4.78 is 6.29. The number of ether oxygens (including phenoxy) is 1. The molecule has 0 aromatic heterocycles. The molecule has 0 bridgehead atoms. The number of carbonyl (C=O) groups is 1. The number of hydrogen-bond donors (Lipinski definition) is 2. The third-order valence-electron chi connectivity index (χ3n) is 8.13. The number of carboxylic acids is 1. The van der Waals surface area contributed by atoms with Gasteiger partial charge in [0.1, 0.15) is 0 Å². The van der Waals surface area contributed by atoms with Gasteiger partial charge >= 0.3 is 5.97 Å².